The maximum absolute atomic E-state index is 13.0. The number of anilines is 1. The Labute approximate surface area is 124 Å². The second-order valence-electron chi connectivity index (χ2n) is 4.55. The molecule has 0 bridgehead atoms. The third-order valence-electron chi connectivity index (χ3n) is 2.90. The predicted molar refractivity (Wildman–Crippen MR) is 74.9 cm³/mol. The van der Waals surface area contributed by atoms with E-state index in [4.69, 9.17) is 11.6 Å². The molecule has 2 rings (SSSR count). The third kappa shape index (κ3) is 4.63. The van der Waals surface area contributed by atoms with Gasteiger partial charge in [-0.15, -0.1) is 0 Å². The van der Waals surface area contributed by atoms with Gasteiger partial charge in [0.25, 0.3) is 0 Å². The summed E-state index contributed by atoms with van der Waals surface area (Å²) in [5.41, 5.74) is 0.742. The van der Waals surface area contributed by atoms with Crippen LogP contribution in [0.3, 0.4) is 0 Å². The molecule has 0 radical (unpaired) electrons. The van der Waals surface area contributed by atoms with Gasteiger partial charge < -0.3 is 5.32 Å². The minimum absolute atomic E-state index is 0.0399. The van der Waals surface area contributed by atoms with E-state index in [2.05, 4.69) is 5.32 Å². The highest BCUT2D eigenvalue weighted by atomic mass is 35.5. The molecule has 0 aliphatic heterocycles. The molecular weight excluding hydrogens is 306 g/mol. The van der Waals surface area contributed by atoms with Crippen molar-refractivity contribution in [1.29, 1.82) is 0 Å². The molecular formula is C15H12ClF4N. The average molecular weight is 318 g/mol. The fraction of sp³-hybridized carbons (Fsp3) is 0.200. The van der Waals surface area contributed by atoms with Crippen molar-refractivity contribution >= 4 is 17.3 Å². The summed E-state index contributed by atoms with van der Waals surface area (Å²) in [6.07, 6.45) is -5.38. The molecule has 0 saturated carbocycles. The lowest BCUT2D eigenvalue weighted by Gasteiger charge is -2.22. The van der Waals surface area contributed by atoms with Crippen LogP contribution in [-0.2, 0) is 0 Å². The summed E-state index contributed by atoms with van der Waals surface area (Å²) in [5, 5.41) is 2.77. The minimum Gasteiger partial charge on any atom is -0.377 e. The van der Waals surface area contributed by atoms with Gasteiger partial charge in [-0.3, -0.25) is 0 Å². The number of hydrogen-bond acceptors (Lipinski definition) is 1. The highest BCUT2D eigenvalue weighted by Crippen LogP contribution is 2.34. The number of rotatable bonds is 4. The highest BCUT2D eigenvalue weighted by molar-refractivity contribution is 6.33. The number of alkyl halides is 3. The first kappa shape index (κ1) is 15.6. The van der Waals surface area contributed by atoms with Crippen molar-refractivity contribution in [3.8, 4) is 0 Å². The second kappa shape index (κ2) is 6.35. The van der Waals surface area contributed by atoms with Crippen LogP contribution < -0.4 is 5.32 Å². The van der Waals surface area contributed by atoms with Gasteiger partial charge >= 0.3 is 6.18 Å². The first-order valence-corrected chi connectivity index (χ1v) is 6.56. The second-order valence-corrected chi connectivity index (χ2v) is 4.96. The molecule has 0 saturated heterocycles. The molecule has 21 heavy (non-hydrogen) atoms. The first-order chi connectivity index (χ1) is 9.85. The Balaban J connectivity index is 2.28. The van der Waals surface area contributed by atoms with Gasteiger partial charge in [-0.25, -0.2) is 4.39 Å². The molecule has 2 aromatic carbocycles. The lowest BCUT2D eigenvalue weighted by Crippen LogP contribution is -2.20. The van der Waals surface area contributed by atoms with E-state index in [-0.39, 0.29) is 10.7 Å². The summed E-state index contributed by atoms with van der Waals surface area (Å²) >= 11 is 5.85. The molecule has 0 amide bonds. The summed E-state index contributed by atoms with van der Waals surface area (Å²) in [6.45, 7) is 0. The van der Waals surface area contributed by atoms with Crippen molar-refractivity contribution < 1.29 is 17.6 Å². The van der Waals surface area contributed by atoms with E-state index < -0.39 is 24.5 Å². The molecule has 0 fully saturated rings. The van der Waals surface area contributed by atoms with E-state index in [1.54, 1.807) is 30.3 Å². The zero-order valence-corrected chi connectivity index (χ0v) is 11.5. The van der Waals surface area contributed by atoms with Crippen LogP contribution in [0.15, 0.2) is 48.5 Å². The van der Waals surface area contributed by atoms with E-state index >= 15 is 0 Å². The summed E-state index contributed by atoms with van der Waals surface area (Å²) in [5.74, 6) is -0.544. The number of halogens is 5. The van der Waals surface area contributed by atoms with Gasteiger partial charge in [-0.05, 0) is 23.8 Å². The Hall–Kier alpha value is -1.75. The number of nitrogens with one attached hydrogen (secondary N) is 1. The summed E-state index contributed by atoms with van der Waals surface area (Å²) in [6, 6.07) is 10.8. The van der Waals surface area contributed by atoms with Crippen LogP contribution in [0.1, 0.15) is 18.0 Å². The molecule has 1 nitrogen and oxygen atoms in total. The van der Waals surface area contributed by atoms with Gasteiger partial charge in [0.1, 0.15) is 5.82 Å². The predicted octanol–water partition coefficient (Wildman–Crippen LogP) is 5.58. The van der Waals surface area contributed by atoms with E-state index in [9.17, 15) is 17.6 Å². The van der Waals surface area contributed by atoms with Crippen molar-refractivity contribution in [2.24, 2.45) is 0 Å². The van der Waals surface area contributed by atoms with Crippen molar-refractivity contribution in [1.82, 2.24) is 0 Å². The van der Waals surface area contributed by atoms with Crippen molar-refractivity contribution in [3.63, 3.8) is 0 Å². The van der Waals surface area contributed by atoms with Gasteiger partial charge in [0.05, 0.1) is 23.2 Å². The first-order valence-electron chi connectivity index (χ1n) is 6.18. The van der Waals surface area contributed by atoms with Crippen LogP contribution in [0.25, 0.3) is 0 Å². The Morgan fingerprint density at radius 1 is 1.05 bits per heavy atom. The molecule has 0 aromatic heterocycles. The van der Waals surface area contributed by atoms with Gasteiger partial charge in [-0.1, -0.05) is 41.9 Å². The largest absolute Gasteiger partial charge is 0.391 e. The maximum atomic E-state index is 13.0. The molecule has 1 unspecified atom stereocenters. The summed E-state index contributed by atoms with van der Waals surface area (Å²) in [4.78, 5) is 0. The van der Waals surface area contributed by atoms with Crippen molar-refractivity contribution in [3.05, 3.63) is 64.9 Å². The Morgan fingerprint density at radius 3 is 2.29 bits per heavy atom. The number of benzene rings is 2. The zero-order chi connectivity index (χ0) is 15.5. The fourth-order valence-corrected chi connectivity index (χ4v) is 2.19. The fourth-order valence-electron chi connectivity index (χ4n) is 1.96. The maximum Gasteiger partial charge on any atom is 0.391 e. The normalized spacial score (nSPS) is 13.0. The quantitative estimate of drug-likeness (QED) is 0.725. The minimum atomic E-state index is -4.33. The zero-order valence-electron chi connectivity index (χ0n) is 10.8. The molecule has 0 heterocycles. The van der Waals surface area contributed by atoms with Crippen LogP contribution in [-0.4, -0.2) is 6.18 Å². The molecule has 2 aromatic rings. The van der Waals surface area contributed by atoms with Crippen LogP contribution in [0.2, 0.25) is 5.02 Å². The van der Waals surface area contributed by atoms with Crippen LogP contribution >= 0.6 is 11.6 Å². The summed E-state index contributed by atoms with van der Waals surface area (Å²) in [7, 11) is 0. The Morgan fingerprint density at radius 2 is 1.71 bits per heavy atom. The lowest BCUT2D eigenvalue weighted by atomic mass is 10.0. The van der Waals surface area contributed by atoms with E-state index in [0.717, 1.165) is 12.1 Å². The van der Waals surface area contributed by atoms with Gasteiger partial charge in [0, 0.05) is 0 Å². The molecule has 0 aliphatic carbocycles. The van der Waals surface area contributed by atoms with Crippen molar-refractivity contribution in [2.75, 3.05) is 5.32 Å². The molecule has 0 spiro atoms. The lowest BCUT2D eigenvalue weighted by molar-refractivity contribution is -0.137. The molecule has 1 N–H and O–H groups in total. The van der Waals surface area contributed by atoms with Crippen LogP contribution in [0.5, 0.6) is 0 Å². The number of hydrogen-bond donors (Lipinski definition) is 1. The van der Waals surface area contributed by atoms with Crippen LogP contribution in [0.4, 0.5) is 23.2 Å². The van der Waals surface area contributed by atoms with Crippen LogP contribution in [0, 0.1) is 5.82 Å². The molecule has 112 valence electrons. The van der Waals surface area contributed by atoms with Gasteiger partial charge in [0.15, 0.2) is 0 Å². The molecule has 6 heteroatoms. The monoisotopic (exact) mass is 317 g/mol. The molecule has 0 aliphatic rings. The topological polar surface area (TPSA) is 12.0 Å². The standard InChI is InChI=1S/C15H12ClF4N/c16-12-8-11(17)6-7-13(12)21-14(9-15(18,19)20)10-4-2-1-3-5-10/h1-8,14,21H,9H2. The Kier molecular flexibility index (Phi) is 4.73. The highest BCUT2D eigenvalue weighted by Gasteiger charge is 2.32. The SMILES string of the molecule is Fc1ccc(NC(CC(F)(F)F)c2ccccc2)c(Cl)c1. The van der Waals surface area contributed by atoms with E-state index in [1.165, 1.54) is 6.07 Å². The van der Waals surface area contributed by atoms with Crippen molar-refractivity contribution in [2.45, 2.75) is 18.6 Å². The van der Waals surface area contributed by atoms with E-state index in [0.29, 0.717) is 5.56 Å². The van der Waals surface area contributed by atoms with Gasteiger partial charge in [0.2, 0.25) is 0 Å². The summed E-state index contributed by atoms with van der Waals surface area (Å²) < 4.78 is 51.2. The van der Waals surface area contributed by atoms with E-state index in [1.807, 2.05) is 0 Å². The third-order valence-corrected chi connectivity index (χ3v) is 3.21. The van der Waals surface area contributed by atoms with Gasteiger partial charge in [-0.2, -0.15) is 13.2 Å². The smallest absolute Gasteiger partial charge is 0.377 e. The Bertz CT molecular complexity index is 598. The molecule has 1 atom stereocenters. The average Bonchev–Trinajstić information content (AvgIpc) is 2.40.